The second kappa shape index (κ2) is 11.6. The van der Waals surface area contributed by atoms with Crippen LogP contribution in [0, 0.1) is 0 Å². The Balaban J connectivity index is 1.37. The number of anilines is 1. The predicted octanol–water partition coefficient (Wildman–Crippen LogP) is 4.41. The van der Waals surface area contributed by atoms with Gasteiger partial charge in [-0.2, -0.15) is 13.2 Å². The average Bonchev–Trinajstić information content (AvgIpc) is 2.93. The van der Waals surface area contributed by atoms with E-state index < -0.39 is 12.0 Å². The molecule has 5 rings (SSSR count). The highest BCUT2D eigenvalue weighted by Crippen LogP contribution is 2.30. The van der Waals surface area contributed by atoms with Crippen molar-refractivity contribution in [2.45, 2.75) is 31.5 Å². The molecule has 12 heteroatoms. The standard InChI is InChI=1S/C27H31ClF3N7O/c1-36-11-13-38(14-12-36)23-8-5-19-21(35-23)7-6-20(28)24(19)25(39)32-17-22(37-9-3-2-4-10-37)18-15-33-26(34-16-18)27(29,30)31/h5-8,15-16,22H,2-4,9-14,17H2,1H3,(H,32,39). The van der Waals surface area contributed by atoms with Crippen molar-refractivity contribution in [3.8, 4) is 0 Å². The summed E-state index contributed by atoms with van der Waals surface area (Å²) >= 11 is 6.50. The van der Waals surface area contributed by atoms with Crippen LogP contribution in [-0.2, 0) is 6.18 Å². The van der Waals surface area contributed by atoms with Crippen LogP contribution < -0.4 is 10.2 Å². The molecular formula is C27H31ClF3N7O. The first-order chi connectivity index (χ1) is 18.7. The fourth-order valence-electron chi connectivity index (χ4n) is 5.23. The molecule has 1 N–H and O–H groups in total. The molecule has 2 aliphatic rings. The molecule has 0 spiro atoms. The van der Waals surface area contributed by atoms with Crippen LogP contribution in [-0.4, -0.2) is 83.5 Å². The van der Waals surface area contributed by atoms with E-state index in [9.17, 15) is 18.0 Å². The van der Waals surface area contributed by atoms with Crippen molar-refractivity contribution in [1.29, 1.82) is 0 Å². The maximum absolute atomic E-state index is 13.5. The van der Waals surface area contributed by atoms with Crippen molar-refractivity contribution in [2.75, 3.05) is 57.8 Å². The molecule has 2 fully saturated rings. The Labute approximate surface area is 230 Å². The summed E-state index contributed by atoms with van der Waals surface area (Å²) in [7, 11) is 2.10. The van der Waals surface area contributed by atoms with Crippen LogP contribution in [0.1, 0.15) is 47.1 Å². The first-order valence-electron chi connectivity index (χ1n) is 13.1. The second-order valence-electron chi connectivity index (χ2n) is 10.1. The van der Waals surface area contributed by atoms with E-state index >= 15 is 0 Å². The van der Waals surface area contributed by atoms with Crippen molar-refractivity contribution in [3.05, 3.63) is 58.6 Å². The molecule has 1 amide bonds. The van der Waals surface area contributed by atoms with Gasteiger partial charge in [0.2, 0.25) is 5.82 Å². The maximum Gasteiger partial charge on any atom is 0.451 e. The van der Waals surface area contributed by atoms with E-state index in [0.717, 1.165) is 64.3 Å². The molecule has 0 saturated carbocycles. The van der Waals surface area contributed by atoms with Gasteiger partial charge in [-0.3, -0.25) is 9.69 Å². The minimum Gasteiger partial charge on any atom is -0.354 e. The predicted molar refractivity (Wildman–Crippen MR) is 144 cm³/mol. The molecule has 2 saturated heterocycles. The number of nitrogens with one attached hydrogen (secondary N) is 1. The van der Waals surface area contributed by atoms with Crippen molar-refractivity contribution in [1.82, 2.24) is 30.1 Å². The SMILES string of the molecule is CN1CCN(c2ccc3c(C(=O)NCC(c4cnc(C(F)(F)F)nc4)N4CCCCC4)c(Cl)ccc3n2)CC1. The summed E-state index contributed by atoms with van der Waals surface area (Å²) in [5.74, 6) is -0.690. The van der Waals surface area contributed by atoms with E-state index in [1.807, 2.05) is 18.2 Å². The van der Waals surface area contributed by atoms with Crippen LogP contribution in [0.4, 0.5) is 19.0 Å². The summed E-state index contributed by atoms with van der Waals surface area (Å²) in [6.45, 7) is 5.38. The molecule has 8 nitrogen and oxygen atoms in total. The van der Waals surface area contributed by atoms with Crippen molar-refractivity contribution in [3.63, 3.8) is 0 Å². The summed E-state index contributed by atoms with van der Waals surface area (Å²) in [4.78, 5) is 32.0. The number of carbonyl (C=O) groups excluding carboxylic acids is 1. The van der Waals surface area contributed by atoms with E-state index in [4.69, 9.17) is 16.6 Å². The quantitative estimate of drug-likeness (QED) is 0.478. The summed E-state index contributed by atoms with van der Waals surface area (Å²) in [6, 6.07) is 6.90. The lowest BCUT2D eigenvalue weighted by molar-refractivity contribution is -0.145. The number of hydrogen-bond donors (Lipinski definition) is 1. The van der Waals surface area contributed by atoms with E-state index in [0.29, 0.717) is 27.1 Å². The zero-order chi connectivity index (χ0) is 27.6. The van der Waals surface area contributed by atoms with Gasteiger partial charge in [-0.1, -0.05) is 18.0 Å². The average molecular weight is 562 g/mol. The van der Waals surface area contributed by atoms with Gasteiger partial charge in [0.25, 0.3) is 5.91 Å². The van der Waals surface area contributed by atoms with Gasteiger partial charge >= 0.3 is 6.18 Å². The number of nitrogens with zero attached hydrogens (tertiary/aromatic N) is 6. The molecule has 2 aliphatic heterocycles. The zero-order valence-electron chi connectivity index (χ0n) is 21.7. The summed E-state index contributed by atoms with van der Waals surface area (Å²) < 4.78 is 39.0. The minimum atomic E-state index is -4.61. The highest BCUT2D eigenvalue weighted by molar-refractivity contribution is 6.35. The van der Waals surface area contributed by atoms with Crippen LogP contribution in [0.3, 0.4) is 0 Å². The molecule has 1 atom stereocenters. The lowest BCUT2D eigenvalue weighted by Crippen LogP contribution is -2.44. The molecule has 0 bridgehead atoms. The monoisotopic (exact) mass is 561 g/mol. The zero-order valence-corrected chi connectivity index (χ0v) is 22.5. The Morgan fingerprint density at radius 3 is 2.36 bits per heavy atom. The number of piperazine rings is 1. The van der Waals surface area contributed by atoms with Crippen LogP contribution in [0.5, 0.6) is 0 Å². The molecule has 39 heavy (non-hydrogen) atoms. The minimum absolute atomic E-state index is 0.174. The number of benzene rings is 1. The van der Waals surface area contributed by atoms with E-state index in [2.05, 4.69) is 37.0 Å². The third-order valence-corrected chi connectivity index (χ3v) is 7.77. The summed E-state index contributed by atoms with van der Waals surface area (Å²) in [6.07, 6.45) is 0.835. The van der Waals surface area contributed by atoms with Crippen molar-refractivity contribution in [2.24, 2.45) is 0 Å². The van der Waals surface area contributed by atoms with E-state index in [-0.39, 0.29) is 18.5 Å². The number of likely N-dealkylation sites (tertiary alicyclic amines) is 1. The van der Waals surface area contributed by atoms with Gasteiger partial charge in [0, 0.05) is 56.1 Å². The van der Waals surface area contributed by atoms with Crippen LogP contribution in [0.25, 0.3) is 10.9 Å². The highest BCUT2D eigenvalue weighted by atomic mass is 35.5. The number of halogens is 4. The van der Waals surface area contributed by atoms with Gasteiger partial charge in [0.15, 0.2) is 0 Å². The summed E-state index contributed by atoms with van der Waals surface area (Å²) in [5, 5.41) is 3.92. The van der Waals surface area contributed by atoms with E-state index in [1.54, 1.807) is 6.07 Å². The number of piperidine rings is 1. The summed E-state index contributed by atoms with van der Waals surface area (Å²) in [5.41, 5.74) is 1.52. The number of amides is 1. The molecule has 0 radical (unpaired) electrons. The molecule has 4 heterocycles. The number of pyridine rings is 1. The van der Waals surface area contributed by atoms with Gasteiger partial charge in [-0.05, 0) is 57.2 Å². The van der Waals surface area contributed by atoms with Gasteiger partial charge in [-0.15, -0.1) is 0 Å². The van der Waals surface area contributed by atoms with E-state index in [1.165, 1.54) is 12.4 Å². The fourth-order valence-corrected chi connectivity index (χ4v) is 5.48. The smallest absolute Gasteiger partial charge is 0.354 e. The third-order valence-electron chi connectivity index (χ3n) is 7.46. The fraction of sp³-hybridized carbons (Fsp3) is 0.481. The van der Waals surface area contributed by atoms with Crippen LogP contribution >= 0.6 is 11.6 Å². The van der Waals surface area contributed by atoms with Gasteiger partial charge < -0.3 is 15.1 Å². The van der Waals surface area contributed by atoms with Crippen LogP contribution in [0.2, 0.25) is 5.02 Å². The number of likely N-dealkylation sites (N-methyl/N-ethyl adjacent to an activating group) is 1. The van der Waals surface area contributed by atoms with Gasteiger partial charge in [-0.25, -0.2) is 15.0 Å². The number of aromatic nitrogens is 3. The molecule has 0 aliphatic carbocycles. The maximum atomic E-state index is 13.5. The first-order valence-corrected chi connectivity index (χ1v) is 13.5. The highest BCUT2D eigenvalue weighted by Gasteiger charge is 2.35. The Morgan fingerprint density at radius 1 is 1.00 bits per heavy atom. The molecule has 1 unspecified atom stereocenters. The molecule has 208 valence electrons. The lowest BCUT2D eigenvalue weighted by Gasteiger charge is -2.34. The topological polar surface area (TPSA) is 77.5 Å². The molecule has 2 aromatic heterocycles. The van der Waals surface area contributed by atoms with Gasteiger partial charge in [0.1, 0.15) is 5.82 Å². The number of carbonyl (C=O) groups is 1. The lowest BCUT2D eigenvalue weighted by atomic mass is 10.0. The Hall–Kier alpha value is -3.02. The Kier molecular flexibility index (Phi) is 8.20. The number of rotatable bonds is 6. The molecule has 3 aromatic rings. The largest absolute Gasteiger partial charge is 0.451 e. The number of alkyl halides is 3. The number of fused-ring (bicyclic) bond motifs is 1. The Morgan fingerprint density at radius 2 is 1.69 bits per heavy atom. The second-order valence-corrected chi connectivity index (χ2v) is 10.5. The van der Waals surface area contributed by atoms with Gasteiger partial charge in [0.05, 0.1) is 22.1 Å². The first kappa shape index (κ1) is 27.5. The molecule has 1 aromatic carbocycles. The third kappa shape index (κ3) is 6.26. The molecular weight excluding hydrogens is 531 g/mol. The Bertz CT molecular complexity index is 1310. The van der Waals surface area contributed by atoms with Crippen LogP contribution in [0.15, 0.2) is 36.7 Å². The normalized spacial score (nSPS) is 18.3. The van der Waals surface area contributed by atoms with Crippen molar-refractivity contribution >= 4 is 34.2 Å². The van der Waals surface area contributed by atoms with Crippen molar-refractivity contribution < 1.29 is 18.0 Å². The number of hydrogen-bond acceptors (Lipinski definition) is 7.